The van der Waals surface area contributed by atoms with E-state index in [1.54, 1.807) is 0 Å². The second kappa shape index (κ2) is 6.71. The normalized spacial score (nSPS) is 14.3. The molecule has 2 amide bonds. The molecule has 2 aromatic rings. The maximum atomic E-state index is 13.7. The average molecular weight is 348 g/mol. The van der Waals surface area contributed by atoms with Gasteiger partial charge < -0.3 is 14.8 Å². The van der Waals surface area contributed by atoms with Gasteiger partial charge in [0.2, 0.25) is 11.6 Å². The molecular formula is C16H14F2N4O3. The molecule has 3 rings (SSSR count). The van der Waals surface area contributed by atoms with Gasteiger partial charge in [-0.2, -0.15) is 4.98 Å². The third-order valence-electron chi connectivity index (χ3n) is 3.48. The molecule has 25 heavy (non-hydrogen) atoms. The molecule has 1 aromatic carbocycles. The predicted octanol–water partition coefficient (Wildman–Crippen LogP) is 2.99. The lowest BCUT2D eigenvalue weighted by Crippen LogP contribution is -2.45. The first-order valence-electron chi connectivity index (χ1n) is 7.28. The number of anilines is 1. The number of carbonyl (C=O) groups is 1. The molecule has 0 bridgehead atoms. The van der Waals surface area contributed by atoms with Gasteiger partial charge in [-0.25, -0.2) is 18.6 Å². The van der Waals surface area contributed by atoms with Crippen LogP contribution >= 0.6 is 0 Å². The second-order valence-corrected chi connectivity index (χ2v) is 5.14. The number of halogens is 2. The highest BCUT2D eigenvalue weighted by Crippen LogP contribution is 2.31. The maximum absolute atomic E-state index is 13.7. The standard InChI is InChI=1S/C16H14F2N4O3/c1-9-6-7-22(16(23)20-9)12-8-19-15(21-14(12)24-2)25-13-10(17)4-3-5-11(13)18/h3-5,8H,1,6-7H2,2H3,(H,20,23). The van der Waals surface area contributed by atoms with Gasteiger partial charge in [0, 0.05) is 18.7 Å². The number of rotatable bonds is 4. The van der Waals surface area contributed by atoms with E-state index in [9.17, 15) is 13.6 Å². The van der Waals surface area contributed by atoms with Crippen LogP contribution in [-0.4, -0.2) is 29.7 Å². The molecule has 0 saturated carbocycles. The Morgan fingerprint density at radius 3 is 2.68 bits per heavy atom. The Morgan fingerprint density at radius 1 is 1.32 bits per heavy atom. The molecule has 1 N–H and O–H groups in total. The molecule has 9 heteroatoms. The Bertz CT molecular complexity index is 824. The minimum absolute atomic E-state index is 0.0319. The monoisotopic (exact) mass is 348 g/mol. The summed E-state index contributed by atoms with van der Waals surface area (Å²) in [6.45, 7) is 4.07. The summed E-state index contributed by atoms with van der Waals surface area (Å²) in [6.07, 6.45) is 1.83. The number of aromatic nitrogens is 2. The number of amides is 2. The van der Waals surface area contributed by atoms with Crippen molar-refractivity contribution in [3.63, 3.8) is 0 Å². The van der Waals surface area contributed by atoms with E-state index in [2.05, 4.69) is 21.9 Å². The van der Waals surface area contributed by atoms with Crippen molar-refractivity contribution in [3.8, 4) is 17.6 Å². The van der Waals surface area contributed by atoms with Crippen LogP contribution in [0.3, 0.4) is 0 Å². The number of hydrogen-bond acceptors (Lipinski definition) is 5. The Kier molecular flexibility index (Phi) is 4.46. The summed E-state index contributed by atoms with van der Waals surface area (Å²) >= 11 is 0. The van der Waals surface area contributed by atoms with E-state index in [1.807, 2.05) is 0 Å². The molecule has 0 unspecified atom stereocenters. The lowest BCUT2D eigenvalue weighted by atomic mass is 10.2. The van der Waals surface area contributed by atoms with Crippen LogP contribution in [-0.2, 0) is 0 Å². The zero-order valence-corrected chi connectivity index (χ0v) is 13.3. The average Bonchev–Trinajstić information content (AvgIpc) is 2.58. The van der Waals surface area contributed by atoms with Gasteiger partial charge >= 0.3 is 12.0 Å². The van der Waals surface area contributed by atoms with E-state index < -0.39 is 23.4 Å². The van der Waals surface area contributed by atoms with Gasteiger partial charge in [-0.3, -0.25) is 4.90 Å². The lowest BCUT2D eigenvalue weighted by Gasteiger charge is -2.28. The van der Waals surface area contributed by atoms with Crippen molar-refractivity contribution in [2.24, 2.45) is 0 Å². The summed E-state index contributed by atoms with van der Waals surface area (Å²) in [6, 6.07) is 2.60. The molecular weight excluding hydrogens is 334 g/mol. The zero-order valence-electron chi connectivity index (χ0n) is 13.3. The second-order valence-electron chi connectivity index (χ2n) is 5.14. The third kappa shape index (κ3) is 3.35. The Hall–Kier alpha value is -3.23. The highest BCUT2D eigenvalue weighted by molar-refractivity contribution is 5.95. The number of urea groups is 1. The molecule has 0 atom stereocenters. The van der Waals surface area contributed by atoms with Gasteiger partial charge in [0.25, 0.3) is 0 Å². The van der Waals surface area contributed by atoms with Crippen molar-refractivity contribution >= 4 is 11.7 Å². The highest BCUT2D eigenvalue weighted by Gasteiger charge is 2.26. The summed E-state index contributed by atoms with van der Waals surface area (Å²) < 4.78 is 37.5. The quantitative estimate of drug-likeness (QED) is 0.919. The fourth-order valence-corrected chi connectivity index (χ4v) is 2.26. The van der Waals surface area contributed by atoms with Crippen LogP contribution in [0, 0.1) is 11.6 Å². The van der Waals surface area contributed by atoms with E-state index in [4.69, 9.17) is 9.47 Å². The van der Waals surface area contributed by atoms with E-state index in [0.29, 0.717) is 24.4 Å². The summed E-state index contributed by atoms with van der Waals surface area (Å²) in [4.78, 5) is 21.3. The number of para-hydroxylation sites is 1. The molecule has 7 nitrogen and oxygen atoms in total. The Balaban J connectivity index is 1.90. The van der Waals surface area contributed by atoms with Crippen LogP contribution in [0.15, 0.2) is 36.7 Å². The molecule has 130 valence electrons. The minimum Gasteiger partial charge on any atom is -0.479 e. The molecule has 0 radical (unpaired) electrons. The first kappa shape index (κ1) is 16.6. The fourth-order valence-electron chi connectivity index (χ4n) is 2.26. The smallest absolute Gasteiger partial charge is 0.326 e. The Labute approximate surface area is 141 Å². The van der Waals surface area contributed by atoms with Gasteiger partial charge in [0.05, 0.1) is 13.3 Å². The number of methoxy groups -OCH3 is 1. The number of ether oxygens (including phenoxy) is 2. The van der Waals surface area contributed by atoms with Gasteiger partial charge in [0.1, 0.15) is 5.69 Å². The SMILES string of the molecule is C=C1CCN(c2cnc(Oc3c(F)cccc3F)nc2OC)C(=O)N1. The Morgan fingerprint density at radius 2 is 2.04 bits per heavy atom. The van der Waals surface area contributed by atoms with Crippen LogP contribution in [0.4, 0.5) is 19.3 Å². The molecule has 1 saturated heterocycles. The van der Waals surface area contributed by atoms with E-state index in [-0.39, 0.29) is 11.9 Å². The van der Waals surface area contributed by atoms with Crippen LogP contribution in [0.25, 0.3) is 0 Å². The molecule has 1 fully saturated rings. The van der Waals surface area contributed by atoms with Crippen LogP contribution in [0.5, 0.6) is 17.6 Å². The fraction of sp³-hybridized carbons (Fsp3) is 0.188. The lowest BCUT2D eigenvalue weighted by molar-refractivity contribution is 0.245. The van der Waals surface area contributed by atoms with Crippen molar-refractivity contribution in [2.75, 3.05) is 18.6 Å². The topological polar surface area (TPSA) is 76.6 Å². The van der Waals surface area contributed by atoms with Crippen molar-refractivity contribution in [3.05, 3.63) is 48.3 Å². The molecule has 0 aliphatic carbocycles. The summed E-state index contributed by atoms with van der Waals surface area (Å²) in [5.74, 6) is -2.37. The van der Waals surface area contributed by atoms with Crippen LogP contribution < -0.4 is 19.7 Å². The van der Waals surface area contributed by atoms with Crippen molar-refractivity contribution in [1.82, 2.24) is 15.3 Å². The number of hydrogen-bond donors (Lipinski definition) is 1. The van der Waals surface area contributed by atoms with Crippen molar-refractivity contribution < 1.29 is 23.0 Å². The van der Waals surface area contributed by atoms with Crippen molar-refractivity contribution in [1.29, 1.82) is 0 Å². The maximum Gasteiger partial charge on any atom is 0.326 e. The van der Waals surface area contributed by atoms with E-state index >= 15 is 0 Å². The van der Waals surface area contributed by atoms with E-state index in [0.717, 1.165) is 12.1 Å². The largest absolute Gasteiger partial charge is 0.479 e. The van der Waals surface area contributed by atoms with Crippen LogP contribution in [0.2, 0.25) is 0 Å². The van der Waals surface area contributed by atoms with Gasteiger partial charge in [-0.15, -0.1) is 0 Å². The van der Waals surface area contributed by atoms with Crippen LogP contribution in [0.1, 0.15) is 6.42 Å². The minimum atomic E-state index is -0.888. The number of benzene rings is 1. The number of nitrogens with one attached hydrogen (secondary N) is 1. The molecule has 1 aromatic heterocycles. The predicted molar refractivity (Wildman–Crippen MR) is 84.7 cm³/mol. The van der Waals surface area contributed by atoms with Crippen molar-refractivity contribution in [2.45, 2.75) is 6.42 Å². The number of nitrogens with zero attached hydrogens (tertiary/aromatic N) is 3. The summed E-state index contributed by atoms with van der Waals surface area (Å²) in [5, 5.41) is 2.60. The third-order valence-corrected chi connectivity index (χ3v) is 3.48. The van der Waals surface area contributed by atoms with Gasteiger partial charge in [-0.1, -0.05) is 12.6 Å². The summed E-state index contributed by atoms with van der Waals surface area (Å²) in [5.41, 5.74) is 0.907. The summed E-state index contributed by atoms with van der Waals surface area (Å²) in [7, 11) is 1.35. The number of carbonyl (C=O) groups excluding carboxylic acids is 1. The molecule has 1 aliphatic heterocycles. The highest BCUT2D eigenvalue weighted by atomic mass is 19.1. The molecule has 2 heterocycles. The van der Waals surface area contributed by atoms with E-state index in [1.165, 1.54) is 24.3 Å². The van der Waals surface area contributed by atoms with Gasteiger partial charge in [-0.05, 0) is 12.1 Å². The zero-order chi connectivity index (χ0) is 18.0. The molecule has 1 aliphatic rings. The molecule has 0 spiro atoms. The van der Waals surface area contributed by atoms with Gasteiger partial charge in [0.15, 0.2) is 11.6 Å². The first-order valence-corrected chi connectivity index (χ1v) is 7.28. The first-order chi connectivity index (χ1) is 12.0.